The number of carbonyl (C=O) groups is 2. The predicted molar refractivity (Wildman–Crippen MR) is 152 cm³/mol. The van der Waals surface area contributed by atoms with E-state index >= 15 is 0 Å². The molecule has 1 spiro atoms. The molecule has 12 nitrogen and oxygen atoms in total. The fourth-order valence-electron chi connectivity index (χ4n) is 10.9. The third kappa shape index (κ3) is 3.98. The standard InChI is InChI=1S/C32H48O12/c1-16-12-30-15-31(16,41-9)11-10-19(30)32-13-17(25(39-7)29(2,28(34)44-32)24(32)20(30)26(33)40-8)42-27-23(38-6)22(37-5)21(36-4)18(43-27)14-35-3/h17-25,27H,1,10-15H2,2-9H3/t17-,18+,19?,20+,21+,22-,23+,24+,25-,27+,29?,30-,31-,32+/m0/s1. The molecule has 6 fully saturated rings. The minimum absolute atomic E-state index is 0.127. The Morgan fingerprint density at radius 1 is 1.00 bits per heavy atom. The second kappa shape index (κ2) is 11.3. The first kappa shape index (κ1) is 32.3. The summed E-state index contributed by atoms with van der Waals surface area (Å²) in [7, 11) is 11.0. The molecule has 6 aliphatic rings. The summed E-state index contributed by atoms with van der Waals surface area (Å²) in [5.41, 5.74) is -2.26. The lowest BCUT2D eigenvalue weighted by molar-refractivity contribution is -0.336. The van der Waals surface area contributed by atoms with Crippen molar-refractivity contribution in [3.63, 3.8) is 0 Å². The fourth-order valence-corrected chi connectivity index (χ4v) is 10.9. The summed E-state index contributed by atoms with van der Waals surface area (Å²) in [6, 6.07) is 0. The predicted octanol–water partition coefficient (Wildman–Crippen LogP) is 2.06. The van der Waals surface area contributed by atoms with Gasteiger partial charge in [-0.25, -0.2) is 0 Å². The highest BCUT2D eigenvalue weighted by molar-refractivity contribution is 5.86. The molecule has 0 aromatic carbocycles. The number of carbonyl (C=O) groups excluding carboxylic acids is 2. The van der Waals surface area contributed by atoms with Crippen LogP contribution < -0.4 is 0 Å². The van der Waals surface area contributed by atoms with Crippen LogP contribution in [0.3, 0.4) is 0 Å². The summed E-state index contributed by atoms with van der Waals surface area (Å²) in [5.74, 6) is -1.94. The van der Waals surface area contributed by atoms with Crippen molar-refractivity contribution in [2.24, 2.45) is 28.6 Å². The molecule has 2 saturated heterocycles. The maximum atomic E-state index is 14.1. The first-order valence-corrected chi connectivity index (χ1v) is 15.5. The third-order valence-corrected chi connectivity index (χ3v) is 12.4. The molecule has 248 valence electrons. The Bertz CT molecular complexity index is 1160. The van der Waals surface area contributed by atoms with E-state index in [1.807, 2.05) is 6.92 Å². The average Bonchev–Trinajstić information content (AvgIpc) is 3.45. The number of fused-ring (bicyclic) bond motifs is 1. The van der Waals surface area contributed by atoms with Gasteiger partial charge in [-0.05, 0) is 43.6 Å². The van der Waals surface area contributed by atoms with Gasteiger partial charge in [0, 0.05) is 60.9 Å². The molecule has 12 heteroatoms. The van der Waals surface area contributed by atoms with E-state index in [2.05, 4.69) is 6.58 Å². The number of rotatable bonds is 10. The Morgan fingerprint density at radius 2 is 1.70 bits per heavy atom. The van der Waals surface area contributed by atoms with Gasteiger partial charge in [0.25, 0.3) is 0 Å². The molecule has 6 rings (SSSR count). The van der Waals surface area contributed by atoms with Crippen molar-refractivity contribution in [1.82, 2.24) is 0 Å². The summed E-state index contributed by atoms with van der Waals surface area (Å²) < 4.78 is 60.5. The quantitative estimate of drug-likeness (QED) is 0.261. The van der Waals surface area contributed by atoms with Crippen LogP contribution in [0.4, 0.5) is 0 Å². The van der Waals surface area contributed by atoms with E-state index in [0.29, 0.717) is 25.7 Å². The van der Waals surface area contributed by atoms with Gasteiger partial charge in [-0.3, -0.25) is 9.59 Å². The number of methoxy groups -OCH3 is 7. The molecule has 4 aliphatic carbocycles. The van der Waals surface area contributed by atoms with Crippen molar-refractivity contribution >= 4 is 11.9 Å². The van der Waals surface area contributed by atoms with Crippen molar-refractivity contribution in [2.45, 2.75) is 93.1 Å². The van der Waals surface area contributed by atoms with E-state index in [0.717, 1.165) is 12.0 Å². The molecule has 0 aromatic heterocycles. The lowest BCUT2D eigenvalue weighted by atomic mass is 9.58. The van der Waals surface area contributed by atoms with Gasteiger partial charge in [-0.1, -0.05) is 6.58 Å². The van der Waals surface area contributed by atoms with Gasteiger partial charge in [-0.2, -0.15) is 0 Å². The summed E-state index contributed by atoms with van der Waals surface area (Å²) in [5, 5.41) is 0. The summed E-state index contributed by atoms with van der Waals surface area (Å²) in [6.07, 6.45) is -1.44. The van der Waals surface area contributed by atoms with Gasteiger partial charge in [-0.15, -0.1) is 0 Å². The SMILES string of the molecule is C=C1C[C@]23C[C@@]1(OC)CCC2[C@@]12C[C@H](O[C@@H]4O[C@H](COC)[C@@H](OC)[C@H](OC)[C@H]4OC)[C@H](OC)C(C)(C(=O)O1)[C@H]2[C@@H]3C(=O)OC. The van der Waals surface area contributed by atoms with Crippen LogP contribution in [0.25, 0.3) is 0 Å². The molecule has 44 heavy (non-hydrogen) atoms. The highest BCUT2D eigenvalue weighted by Crippen LogP contribution is 2.79. The Hall–Kier alpha value is -1.64. The zero-order valence-electron chi connectivity index (χ0n) is 27.1. The molecular formula is C32H48O12. The Morgan fingerprint density at radius 3 is 2.30 bits per heavy atom. The van der Waals surface area contributed by atoms with Gasteiger partial charge >= 0.3 is 11.9 Å². The minimum atomic E-state index is -1.21. The van der Waals surface area contributed by atoms with Gasteiger partial charge in [0.1, 0.15) is 35.4 Å². The molecule has 4 bridgehead atoms. The lowest BCUT2D eigenvalue weighted by Gasteiger charge is -2.51. The Kier molecular flexibility index (Phi) is 8.27. The van der Waals surface area contributed by atoms with Crippen molar-refractivity contribution in [2.75, 3.05) is 56.4 Å². The summed E-state index contributed by atoms with van der Waals surface area (Å²) in [6.45, 7) is 6.52. The topological polar surface area (TPSA) is 126 Å². The molecule has 2 aliphatic heterocycles. The van der Waals surface area contributed by atoms with Crippen LogP contribution in [0, 0.1) is 28.6 Å². The van der Waals surface area contributed by atoms with Crippen LogP contribution in [0.5, 0.6) is 0 Å². The smallest absolute Gasteiger partial charge is 0.315 e. The normalized spacial score (nSPS) is 50.7. The first-order chi connectivity index (χ1) is 21.0. The highest BCUT2D eigenvalue weighted by Gasteiger charge is 2.86. The van der Waals surface area contributed by atoms with Crippen molar-refractivity contribution in [3.05, 3.63) is 12.2 Å². The number of ether oxygens (including phenoxy) is 10. The number of hydrogen-bond acceptors (Lipinski definition) is 12. The molecule has 0 radical (unpaired) electrons. The van der Waals surface area contributed by atoms with E-state index in [1.54, 1.807) is 42.7 Å². The summed E-state index contributed by atoms with van der Waals surface area (Å²) >= 11 is 0. The van der Waals surface area contributed by atoms with Crippen LogP contribution in [0.2, 0.25) is 0 Å². The van der Waals surface area contributed by atoms with Gasteiger partial charge in [0.2, 0.25) is 0 Å². The van der Waals surface area contributed by atoms with Crippen LogP contribution in [-0.2, 0) is 57.0 Å². The Balaban J connectivity index is 1.42. The molecule has 14 atom stereocenters. The number of hydrogen-bond donors (Lipinski definition) is 0. The molecular weight excluding hydrogens is 576 g/mol. The maximum absolute atomic E-state index is 14.1. The second-order valence-electron chi connectivity index (χ2n) is 13.7. The van der Waals surface area contributed by atoms with E-state index < -0.39 is 76.8 Å². The van der Waals surface area contributed by atoms with E-state index in [4.69, 9.17) is 47.4 Å². The zero-order valence-corrected chi connectivity index (χ0v) is 27.1. The maximum Gasteiger partial charge on any atom is 0.315 e. The van der Waals surface area contributed by atoms with Gasteiger partial charge in [0.05, 0.1) is 37.4 Å². The molecule has 2 heterocycles. The van der Waals surface area contributed by atoms with E-state index in [1.165, 1.54) is 7.11 Å². The molecule has 0 amide bonds. The highest BCUT2D eigenvalue weighted by atomic mass is 16.7. The Labute approximate surface area is 259 Å². The third-order valence-electron chi connectivity index (χ3n) is 12.4. The largest absolute Gasteiger partial charge is 0.469 e. The molecule has 4 saturated carbocycles. The van der Waals surface area contributed by atoms with Crippen molar-refractivity contribution in [1.29, 1.82) is 0 Å². The molecule has 2 unspecified atom stereocenters. The van der Waals surface area contributed by atoms with Crippen molar-refractivity contribution in [3.8, 4) is 0 Å². The monoisotopic (exact) mass is 624 g/mol. The number of esters is 2. The molecule has 0 aromatic rings. The van der Waals surface area contributed by atoms with E-state index in [-0.39, 0.29) is 24.5 Å². The van der Waals surface area contributed by atoms with Gasteiger partial charge < -0.3 is 47.4 Å². The first-order valence-electron chi connectivity index (χ1n) is 15.5. The van der Waals surface area contributed by atoms with E-state index in [9.17, 15) is 9.59 Å². The summed E-state index contributed by atoms with van der Waals surface area (Å²) in [4.78, 5) is 28.0. The van der Waals surface area contributed by atoms with Crippen LogP contribution in [-0.4, -0.2) is 122 Å². The van der Waals surface area contributed by atoms with Crippen LogP contribution >= 0.6 is 0 Å². The zero-order chi connectivity index (χ0) is 31.8. The van der Waals surface area contributed by atoms with Crippen LogP contribution in [0.1, 0.15) is 39.0 Å². The second-order valence-corrected chi connectivity index (χ2v) is 13.7. The lowest BCUT2D eigenvalue weighted by Crippen LogP contribution is -2.65. The molecule has 0 N–H and O–H groups in total. The average molecular weight is 625 g/mol. The fraction of sp³-hybridized carbons (Fsp3) is 0.875. The minimum Gasteiger partial charge on any atom is -0.469 e. The van der Waals surface area contributed by atoms with Crippen molar-refractivity contribution < 1.29 is 57.0 Å². The van der Waals surface area contributed by atoms with Gasteiger partial charge in [0.15, 0.2) is 6.29 Å². The van der Waals surface area contributed by atoms with Crippen LogP contribution in [0.15, 0.2) is 12.2 Å².